The Kier molecular flexibility index (Phi) is 4.33. The smallest absolute Gasteiger partial charge is 0.340 e. The number of hydrogen-bond donors (Lipinski definition) is 1. The molecule has 1 aromatic rings. The Morgan fingerprint density at radius 1 is 1.38 bits per heavy atom. The zero-order chi connectivity index (χ0) is 12.2. The second kappa shape index (κ2) is 5.32. The predicted octanol–water partition coefficient (Wildman–Crippen LogP) is 3.07. The minimum atomic E-state index is -1.26. The van der Waals surface area contributed by atoms with E-state index in [9.17, 15) is 9.90 Å². The Hall–Kier alpha value is -1.06. The average Bonchev–Trinajstić information content (AvgIpc) is 2.27. The molecule has 1 N–H and O–H groups in total. The SMILES string of the molecule is CCOC(CC)(C(=O)O)c1ccc(Cl)cc1. The van der Waals surface area contributed by atoms with Crippen LogP contribution in [0, 0.1) is 0 Å². The van der Waals surface area contributed by atoms with Crippen molar-refractivity contribution < 1.29 is 14.6 Å². The van der Waals surface area contributed by atoms with Crippen molar-refractivity contribution in [2.24, 2.45) is 0 Å². The molecule has 0 spiro atoms. The normalized spacial score (nSPS) is 14.4. The van der Waals surface area contributed by atoms with Crippen LogP contribution in [0.3, 0.4) is 0 Å². The highest BCUT2D eigenvalue weighted by atomic mass is 35.5. The van der Waals surface area contributed by atoms with Gasteiger partial charge in [0.1, 0.15) is 0 Å². The van der Waals surface area contributed by atoms with Gasteiger partial charge in [0.15, 0.2) is 5.60 Å². The molecule has 4 heteroatoms. The summed E-state index contributed by atoms with van der Waals surface area (Å²) in [6.45, 7) is 3.92. The van der Waals surface area contributed by atoms with Crippen LogP contribution in [0.4, 0.5) is 0 Å². The molecule has 88 valence electrons. The fourth-order valence-corrected chi connectivity index (χ4v) is 1.82. The maximum Gasteiger partial charge on any atom is 0.340 e. The van der Waals surface area contributed by atoms with Crippen molar-refractivity contribution >= 4 is 17.6 Å². The van der Waals surface area contributed by atoms with Gasteiger partial charge in [0.2, 0.25) is 0 Å². The third-order valence-corrected chi connectivity index (χ3v) is 2.80. The summed E-state index contributed by atoms with van der Waals surface area (Å²) in [6.07, 6.45) is 0.373. The van der Waals surface area contributed by atoms with Gasteiger partial charge >= 0.3 is 5.97 Å². The molecule has 0 bridgehead atoms. The Bertz CT molecular complexity index is 361. The molecule has 1 rings (SSSR count). The van der Waals surface area contributed by atoms with Gasteiger partial charge in [-0.2, -0.15) is 0 Å². The van der Waals surface area contributed by atoms with Crippen molar-refractivity contribution in [3.63, 3.8) is 0 Å². The molecule has 0 aromatic heterocycles. The van der Waals surface area contributed by atoms with Gasteiger partial charge in [0.05, 0.1) is 0 Å². The van der Waals surface area contributed by atoms with Gasteiger partial charge in [0, 0.05) is 11.6 Å². The number of carboxylic acid groups (broad SMARTS) is 1. The van der Waals surface area contributed by atoms with E-state index < -0.39 is 11.6 Å². The Labute approximate surface area is 100.0 Å². The van der Waals surface area contributed by atoms with Crippen molar-refractivity contribution in [1.29, 1.82) is 0 Å². The summed E-state index contributed by atoms with van der Waals surface area (Å²) in [7, 11) is 0. The fraction of sp³-hybridized carbons (Fsp3) is 0.417. The first kappa shape index (κ1) is 13.0. The van der Waals surface area contributed by atoms with Crippen molar-refractivity contribution in [1.82, 2.24) is 0 Å². The van der Waals surface area contributed by atoms with Crippen LogP contribution < -0.4 is 0 Å². The van der Waals surface area contributed by atoms with E-state index in [2.05, 4.69) is 0 Å². The first-order chi connectivity index (χ1) is 7.56. The second-order valence-corrected chi connectivity index (χ2v) is 3.86. The molecule has 0 aliphatic rings. The number of rotatable bonds is 5. The molecule has 0 amide bonds. The topological polar surface area (TPSA) is 46.5 Å². The van der Waals surface area contributed by atoms with E-state index in [0.717, 1.165) is 0 Å². The predicted molar refractivity (Wildman–Crippen MR) is 62.7 cm³/mol. The van der Waals surface area contributed by atoms with Crippen molar-refractivity contribution in [3.05, 3.63) is 34.9 Å². The summed E-state index contributed by atoms with van der Waals surface area (Å²) in [5.74, 6) is -0.973. The van der Waals surface area contributed by atoms with Gasteiger partial charge in [-0.3, -0.25) is 0 Å². The standard InChI is InChI=1S/C12H15ClO3/c1-3-12(11(14)15,16-4-2)9-5-7-10(13)8-6-9/h5-8H,3-4H2,1-2H3,(H,14,15). The van der Waals surface area contributed by atoms with E-state index in [0.29, 0.717) is 23.6 Å². The highest BCUT2D eigenvalue weighted by molar-refractivity contribution is 6.30. The average molecular weight is 243 g/mol. The van der Waals surface area contributed by atoms with E-state index in [1.165, 1.54) is 0 Å². The van der Waals surface area contributed by atoms with Crippen LogP contribution in [-0.2, 0) is 15.1 Å². The maximum absolute atomic E-state index is 11.4. The molecular weight excluding hydrogens is 228 g/mol. The van der Waals surface area contributed by atoms with E-state index in [1.807, 2.05) is 0 Å². The van der Waals surface area contributed by atoms with Gasteiger partial charge in [0.25, 0.3) is 0 Å². The van der Waals surface area contributed by atoms with E-state index in [4.69, 9.17) is 16.3 Å². The fourth-order valence-electron chi connectivity index (χ4n) is 1.69. The van der Waals surface area contributed by atoms with Crippen molar-refractivity contribution in [3.8, 4) is 0 Å². The summed E-state index contributed by atoms with van der Waals surface area (Å²) >= 11 is 5.77. The number of carbonyl (C=O) groups is 1. The van der Waals surface area contributed by atoms with E-state index in [1.54, 1.807) is 38.1 Å². The van der Waals surface area contributed by atoms with Crippen molar-refractivity contribution in [2.45, 2.75) is 25.9 Å². The van der Waals surface area contributed by atoms with Gasteiger partial charge < -0.3 is 9.84 Å². The minimum absolute atomic E-state index is 0.350. The molecule has 0 aliphatic heterocycles. The molecule has 16 heavy (non-hydrogen) atoms. The van der Waals surface area contributed by atoms with Gasteiger partial charge in [-0.15, -0.1) is 0 Å². The lowest BCUT2D eigenvalue weighted by atomic mass is 9.91. The Balaban J connectivity index is 3.18. The summed E-state index contributed by atoms with van der Waals surface area (Å²) in [6, 6.07) is 6.72. The van der Waals surface area contributed by atoms with E-state index >= 15 is 0 Å². The van der Waals surface area contributed by atoms with Crippen LogP contribution in [0.15, 0.2) is 24.3 Å². The number of halogens is 1. The van der Waals surface area contributed by atoms with Crippen molar-refractivity contribution in [2.75, 3.05) is 6.61 Å². The molecule has 3 nitrogen and oxygen atoms in total. The summed E-state index contributed by atoms with van der Waals surface area (Å²) in [4.78, 5) is 11.4. The number of aliphatic carboxylic acids is 1. The molecule has 0 radical (unpaired) electrons. The van der Waals surface area contributed by atoms with Crippen LogP contribution in [-0.4, -0.2) is 17.7 Å². The Morgan fingerprint density at radius 3 is 2.31 bits per heavy atom. The summed E-state index contributed by atoms with van der Waals surface area (Å²) < 4.78 is 5.42. The number of hydrogen-bond acceptors (Lipinski definition) is 2. The number of benzene rings is 1. The molecule has 1 aromatic carbocycles. The summed E-state index contributed by atoms with van der Waals surface area (Å²) in [5, 5.41) is 9.90. The monoisotopic (exact) mass is 242 g/mol. The highest BCUT2D eigenvalue weighted by Gasteiger charge is 2.39. The lowest BCUT2D eigenvalue weighted by Gasteiger charge is -2.28. The molecular formula is C12H15ClO3. The molecule has 0 saturated heterocycles. The van der Waals surface area contributed by atoms with Gasteiger partial charge in [-0.25, -0.2) is 4.79 Å². The quantitative estimate of drug-likeness (QED) is 0.863. The summed E-state index contributed by atoms with van der Waals surface area (Å²) in [5.41, 5.74) is -0.645. The number of carboxylic acids is 1. The minimum Gasteiger partial charge on any atom is -0.479 e. The molecule has 1 unspecified atom stereocenters. The zero-order valence-electron chi connectivity index (χ0n) is 9.37. The third-order valence-electron chi connectivity index (χ3n) is 2.54. The van der Waals surface area contributed by atoms with Crippen LogP contribution in [0.1, 0.15) is 25.8 Å². The third kappa shape index (κ3) is 2.36. The zero-order valence-corrected chi connectivity index (χ0v) is 10.1. The van der Waals surface area contributed by atoms with Crippen LogP contribution >= 0.6 is 11.6 Å². The lowest BCUT2D eigenvalue weighted by molar-refractivity contribution is -0.167. The van der Waals surface area contributed by atoms with Crippen LogP contribution in [0.25, 0.3) is 0 Å². The second-order valence-electron chi connectivity index (χ2n) is 3.43. The van der Waals surface area contributed by atoms with E-state index in [-0.39, 0.29) is 0 Å². The number of ether oxygens (including phenoxy) is 1. The molecule has 0 heterocycles. The highest BCUT2D eigenvalue weighted by Crippen LogP contribution is 2.30. The van der Waals surface area contributed by atoms with Crippen LogP contribution in [0.5, 0.6) is 0 Å². The molecule has 0 saturated carbocycles. The Morgan fingerprint density at radius 2 is 1.94 bits per heavy atom. The molecule has 1 atom stereocenters. The maximum atomic E-state index is 11.4. The van der Waals surface area contributed by atoms with Gasteiger partial charge in [-0.1, -0.05) is 30.7 Å². The first-order valence-corrected chi connectivity index (χ1v) is 5.58. The van der Waals surface area contributed by atoms with Gasteiger partial charge in [-0.05, 0) is 31.0 Å². The first-order valence-electron chi connectivity index (χ1n) is 5.20. The van der Waals surface area contributed by atoms with Crippen LogP contribution in [0.2, 0.25) is 5.02 Å². The lowest BCUT2D eigenvalue weighted by Crippen LogP contribution is -2.38. The molecule has 0 fully saturated rings. The largest absolute Gasteiger partial charge is 0.479 e. The molecule has 0 aliphatic carbocycles.